The van der Waals surface area contributed by atoms with E-state index in [1.54, 1.807) is 13.8 Å². The molecule has 0 aromatic rings. The average Bonchev–Trinajstić information content (AvgIpc) is 1.84. The summed E-state index contributed by atoms with van der Waals surface area (Å²) in [4.78, 5) is 21.5. The molecule has 0 aliphatic carbocycles. The summed E-state index contributed by atoms with van der Waals surface area (Å²) in [6, 6.07) is -0.497. The van der Waals surface area contributed by atoms with Gasteiger partial charge in [0.15, 0.2) is 6.10 Å². The zero-order chi connectivity index (χ0) is 7.72. The van der Waals surface area contributed by atoms with Crippen LogP contribution in [0.25, 0.3) is 0 Å². The summed E-state index contributed by atoms with van der Waals surface area (Å²) in [7, 11) is 0. The standard InChI is InChI=1S/C6H9NO3/c1-3-6(9)10-4(2)5(8)7-3/h3-4H,1-2H3,(H,7,8)/t3-,4?/m1/s1. The molecule has 1 saturated heterocycles. The summed E-state index contributed by atoms with van der Waals surface area (Å²) in [6.07, 6.45) is -0.635. The Morgan fingerprint density at radius 1 is 1.40 bits per heavy atom. The fourth-order valence-corrected chi connectivity index (χ4v) is 0.719. The Morgan fingerprint density at radius 3 is 2.50 bits per heavy atom. The lowest BCUT2D eigenvalue weighted by molar-refractivity contribution is -0.163. The van der Waals surface area contributed by atoms with Crippen molar-refractivity contribution < 1.29 is 14.3 Å². The molecule has 1 aliphatic rings. The van der Waals surface area contributed by atoms with Crippen LogP contribution in [0.1, 0.15) is 13.8 Å². The Hall–Kier alpha value is -1.06. The smallest absolute Gasteiger partial charge is 0.329 e. The molecule has 1 amide bonds. The first-order valence-corrected chi connectivity index (χ1v) is 3.12. The van der Waals surface area contributed by atoms with Crippen LogP contribution in [-0.2, 0) is 14.3 Å². The number of rotatable bonds is 0. The molecule has 2 atom stereocenters. The Bertz CT molecular complexity index is 158. The van der Waals surface area contributed by atoms with Crippen LogP contribution in [0.4, 0.5) is 0 Å². The number of hydrogen-bond donors (Lipinski definition) is 1. The first-order valence-electron chi connectivity index (χ1n) is 3.12. The summed E-state index contributed by atoms with van der Waals surface area (Å²) in [5.41, 5.74) is 0. The van der Waals surface area contributed by atoms with Gasteiger partial charge in [0, 0.05) is 0 Å². The van der Waals surface area contributed by atoms with E-state index < -0.39 is 12.1 Å². The van der Waals surface area contributed by atoms with Crippen LogP contribution in [0.15, 0.2) is 0 Å². The predicted molar refractivity (Wildman–Crippen MR) is 33.2 cm³/mol. The molecule has 1 unspecified atom stereocenters. The molecule has 0 radical (unpaired) electrons. The Labute approximate surface area is 58.5 Å². The molecule has 4 heteroatoms. The third-order valence-corrected chi connectivity index (χ3v) is 1.37. The van der Waals surface area contributed by atoms with Crippen molar-refractivity contribution in [2.45, 2.75) is 26.0 Å². The Kier molecular flexibility index (Phi) is 1.61. The lowest BCUT2D eigenvalue weighted by atomic mass is 10.2. The largest absolute Gasteiger partial charge is 0.451 e. The third kappa shape index (κ3) is 1.10. The van der Waals surface area contributed by atoms with Crippen LogP contribution in [0, 0.1) is 0 Å². The van der Waals surface area contributed by atoms with Gasteiger partial charge in [0.1, 0.15) is 6.04 Å². The van der Waals surface area contributed by atoms with Crippen LogP contribution in [0.2, 0.25) is 0 Å². The molecule has 1 fully saturated rings. The topological polar surface area (TPSA) is 55.4 Å². The third-order valence-electron chi connectivity index (χ3n) is 1.37. The first kappa shape index (κ1) is 7.05. The maximum absolute atomic E-state index is 10.8. The molecule has 0 saturated carbocycles. The van der Waals surface area contributed by atoms with E-state index in [1.165, 1.54) is 0 Å². The SMILES string of the molecule is CC1OC(=O)[C@@H](C)NC1=O. The molecule has 0 aromatic carbocycles. The fourth-order valence-electron chi connectivity index (χ4n) is 0.719. The lowest BCUT2D eigenvalue weighted by Gasteiger charge is -2.23. The summed E-state index contributed by atoms with van der Waals surface area (Å²) in [6.45, 7) is 3.13. The molecular weight excluding hydrogens is 134 g/mol. The quantitative estimate of drug-likeness (QED) is 0.462. The minimum atomic E-state index is -0.635. The van der Waals surface area contributed by atoms with Crippen LogP contribution < -0.4 is 5.32 Å². The number of hydrogen-bond acceptors (Lipinski definition) is 3. The normalized spacial score (nSPS) is 33.0. The summed E-state index contributed by atoms with van der Waals surface area (Å²) in [5, 5.41) is 2.47. The van der Waals surface area contributed by atoms with Crippen molar-refractivity contribution in [3.05, 3.63) is 0 Å². The minimum Gasteiger partial charge on any atom is -0.451 e. The number of amides is 1. The lowest BCUT2D eigenvalue weighted by Crippen LogP contribution is -2.51. The van der Waals surface area contributed by atoms with E-state index in [2.05, 4.69) is 10.1 Å². The monoisotopic (exact) mass is 143 g/mol. The molecule has 0 aromatic heterocycles. The zero-order valence-corrected chi connectivity index (χ0v) is 5.88. The second-order valence-electron chi connectivity index (χ2n) is 2.31. The Balaban J connectivity index is 2.63. The molecule has 0 bridgehead atoms. The van der Waals surface area contributed by atoms with Gasteiger partial charge in [-0.3, -0.25) is 4.79 Å². The summed E-state index contributed by atoms with van der Waals surface area (Å²) < 4.78 is 4.66. The van der Waals surface area contributed by atoms with E-state index in [4.69, 9.17) is 0 Å². The van der Waals surface area contributed by atoms with Crippen molar-refractivity contribution >= 4 is 11.9 Å². The molecular formula is C6H9NO3. The molecule has 10 heavy (non-hydrogen) atoms. The number of carbonyl (C=O) groups is 2. The van der Waals surface area contributed by atoms with Gasteiger partial charge in [-0.1, -0.05) is 0 Å². The first-order chi connectivity index (χ1) is 4.61. The van der Waals surface area contributed by atoms with Crippen LogP contribution in [-0.4, -0.2) is 24.0 Å². The van der Waals surface area contributed by atoms with Gasteiger partial charge in [-0.25, -0.2) is 4.79 Å². The van der Waals surface area contributed by atoms with Crippen molar-refractivity contribution in [2.24, 2.45) is 0 Å². The van der Waals surface area contributed by atoms with E-state index in [1.807, 2.05) is 0 Å². The van der Waals surface area contributed by atoms with E-state index in [0.29, 0.717) is 0 Å². The number of ether oxygens (including phenoxy) is 1. The molecule has 56 valence electrons. The van der Waals surface area contributed by atoms with Crippen LogP contribution >= 0.6 is 0 Å². The van der Waals surface area contributed by atoms with Gasteiger partial charge in [0.2, 0.25) is 0 Å². The highest BCUT2D eigenvalue weighted by Gasteiger charge is 2.29. The van der Waals surface area contributed by atoms with Crippen LogP contribution in [0.5, 0.6) is 0 Å². The molecule has 1 heterocycles. The highest BCUT2D eigenvalue weighted by molar-refractivity contribution is 5.91. The van der Waals surface area contributed by atoms with Crippen molar-refractivity contribution in [2.75, 3.05) is 0 Å². The molecule has 4 nitrogen and oxygen atoms in total. The predicted octanol–water partition coefficient (Wildman–Crippen LogP) is -0.564. The van der Waals surface area contributed by atoms with Gasteiger partial charge in [0.05, 0.1) is 0 Å². The minimum absolute atomic E-state index is 0.230. The Morgan fingerprint density at radius 2 is 2.00 bits per heavy atom. The number of morpholine rings is 1. The van der Waals surface area contributed by atoms with E-state index in [9.17, 15) is 9.59 Å². The number of carbonyl (C=O) groups excluding carboxylic acids is 2. The average molecular weight is 143 g/mol. The van der Waals surface area contributed by atoms with Crippen molar-refractivity contribution in [1.82, 2.24) is 5.32 Å². The van der Waals surface area contributed by atoms with Crippen LogP contribution in [0.3, 0.4) is 0 Å². The van der Waals surface area contributed by atoms with Crippen molar-refractivity contribution in [3.8, 4) is 0 Å². The number of esters is 1. The fraction of sp³-hybridized carbons (Fsp3) is 0.667. The van der Waals surface area contributed by atoms with Gasteiger partial charge < -0.3 is 10.1 Å². The number of cyclic esters (lactones) is 1. The summed E-state index contributed by atoms with van der Waals surface area (Å²) in [5.74, 6) is -0.598. The highest BCUT2D eigenvalue weighted by atomic mass is 16.6. The molecule has 1 aliphatic heterocycles. The highest BCUT2D eigenvalue weighted by Crippen LogP contribution is 2.02. The van der Waals surface area contributed by atoms with E-state index in [0.717, 1.165) is 0 Å². The number of nitrogens with one attached hydrogen (secondary N) is 1. The molecule has 1 N–H and O–H groups in total. The van der Waals surface area contributed by atoms with Gasteiger partial charge in [-0.15, -0.1) is 0 Å². The molecule has 1 rings (SSSR count). The van der Waals surface area contributed by atoms with E-state index >= 15 is 0 Å². The van der Waals surface area contributed by atoms with Crippen molar-refractivity contribution in [3.63, 3.8) is 0 Å². The maximum Gasteiger partial charge on any atom is 0.329 e. The van der Waals surface area contributed by atoms with Gasteiger partial charge in [-0.05, 0) is 13.8 Å². The molecule has 0 spiro atoms. The van der Waals surface area contributed by atoms with E-state index in [-0.39, 0.29) is 11.9 Å². The second kappa shape index (κ2) is 2.28. The second-order valence-corrected chi connectivity index (χ2v) is 2.31. The van der Waals surface area contributed by atoms with Gasteiger partial charge in [-0.2, -0.15) is 0 Å². The maximum atomic E-state index is 10.8. The van der Waals surface area contributed by atoms with Crippen molar-refractivity contribution in [1.29, 1.82) is 0 Å². The summed E-state index contributed by atoms with van der Waals surface area (Å²) >= 11 is 0. The van der Waals surface area contributed by atoms with Gasteiger partial charge in [0.25, 0.3) is 5.91 Å². The zero-order valence-electron chi connectivity index (χ0n) is 5.88. The van der Waals surface area contributed by atoms with Gasteiger partial charge >= 0.3 is 5.97 Å².